The smallest absolute Gasteiger partial charge is 0.387 e. The second-order valence-electron chi connectivity index (χ2n) is 6.14. The Bertz CT molecular complexity index is 783. The van der Waals surface area contributed by atoms with Crippen LogP contribution in [0.3, 0.4) is 0 Å². The third-order valence-electron chi connectivity index (χ3n) is 4.24. The molecule has 2 aromatic carbocycles. The van der Waals surface area contributed by atoms with E-state index in [2.05, 4.69) is 20.4 Å². The quantitative estimate of drug-likeness (QED) is 0.468. The number of alkyl halides is 2. The van der Waals surface area contributed by atoms with Crippen molar-refractivity contribution >= 4 is 5.96 Å². The van der Waals surface area contributed by atoms with E-state index in [1.807, 2.05) is 30.3 Å². The summed E-state index contributed by atoms with van der Waals surface area (Å²) in [5, 5.41) is 6.46. The van der Waals surface area contributed by atoms with Gasteiger partial charge < -0.3 is 24.8 Å². The fourth-order valence-electron chi connectivity index (χ4n) is 2.73. The van der Waals surface area contributed by atoms with Crippen LogP contribution in [-0.2, 0) is 12.8 Å². The highest BCUT2D eigenvalue weighted by Gasteiger charge is 2.11. The standard InChI is InChI=1S/C21H27F2N3O3/c1-24-21(25-12-10-15-4-7-17(27-2)8-5-15)26-13-11-16-6-9-18(28-3)19(14-16)29-20(22)23/h4-9,14,20H,10-13H2,1-3H3,(H2,24,25,26). The molecule has 0 aliphatic carbocycles. The maximum Gasteiger partial charge on any atom is 0.387 e. The third kappa shape index (κ3) is 7.48. The highest BCUT2D eigenvalue weighted by molar-refractivity contribution is 5.79. The van der Waals surface area contributed by atoms with Gasteiger partial charge in [-0.05, 0) is 48.2 Å². The summed E-state index contributed by atoms with van der Waals surface area (Å²) in [6.45, 7) is -1.59. The molecule has 0 aliphatic rings. The van der Waals surface area contributed by atoms with E-state index in [0.29, 0.717) is 18.9 Å². The van der Waals surface area contributed by atoms with Crippen LogP contribution in [-0.4, -0.2) is 46.9 Å². The second-order valence-corrected chi connectivity index (χ2v) is 6.14. The van der Waals surface area contributed by atoms with E-state index >= 15 is 0 Å². The average Bonchev–Trinajstić information content (AvgIpc) is 2.73. The monoisotopic (exact) mass is 407 g/mol. The predicted molar refractivity (Wildman–Crippen MR) is 109 cm³/mol. The van der Waals surface area contributed by atoms with Crippen LogP contribution in [0.5, 0.6) is 17.2 Å². The Balaban J connectivity index is 1.78. The van der Waals surface area contributed by atoms with Crippen molar-refractivity contribution in [2.24, 2.45) is 4.99 Å². The van der Waals surface area contributed by atoms with Crippen molar-refractivity contribution in [1.29, 1.82) is 0 Å². The number of benzene rings is 2. The molecular formula is C21H27F2N3O3. The van der Waals surface area contributed by atoms with Gasteiger partial charge in [-0.25, -0.2) is 0 Å². The van der Waals surface area contributed by atoms with Gasteiger partial charge in [-0.3, -0.25) is 4.99 Å². The molecule has 158 valence electrons. The van der Waals surface area contributed by atoms with Gasteiger partial charge in [-0.15, -0.1) is 0 Å². The van der Waals surface area contributed by atoms with Crippen molar-refractivity contribution in [3.8, 4) is 17.2 Å². The molecule has 29 heavy (non-hydrogen) atoms. The van der Waals surface area contributed by atoms with Gasteiger partial charge >= 0.3 is 6.61 Å². The second kappa shape index (κ2) is 11.7. The van der Waals surface area contributed by atoms with Gasteiger partial charge in [0.25, 0.3) is 0 Å². The summed E-state index contributed by atoms with van der Waals surface area (Å²) in [5.74, 6) is 1.82. The van der Waals surface area contributed by atoms with Gasteiger partial charge in [-0.1, -0.05) is 18.2 Å². The number of ether oxygens (including phenoxy) is 3. The van der Waals surface area contributed by atoms with Gasteiger partial charge in [-0.2, -0.15) is 8.78 Å². The van der Waals surface area contributed by atoms with Gasteiger partial charge in [0, 0.05) is 20.1 Å². The molecule has 0 unspecified atom stereocenters. The summed E-state index contributed by atoms with van der Waals surface area (Å²) >= 11 is 0. The zero-order chi connectivity index (χ0) is 21.1. The first-order valence-corrected chi connectivity index (χ1v) is 9.25. The number of aliphatic imine (C=N–C) groups is 1. The average molecular weight is 407 g/mol. The third-order valence-corrected chi connectivity index (χ3v) is 4.24. The summed E-state index contributed by atoms with van der Waals surface area (Å²) < 4.78 is 39.8. The number of nitrogens with zero attached hydrogens (tertiary/aromatic N) is 1. The Hall–Kier alpha value is -3.03. The Labute approximate surface area is 169 Å². The van der Waals surface area contributed by atoms with Crippen LogP contribution >= 0.6 is 0 Å². The Morgan fingerprint density at radius 2 is 1.52 bits per heavy atom. The Morgan fingerprint density at radius 3 is 2.07 bits per heavy atom. The fraction of sp³-hybridized carbons (Fsp3) is 0.381. The lowest BCUT2D eigenvalue weighted by atomic mass is 10.1. The SMILES string of the molecule is CN=C(NCCc1ccc(OC)cc1)NCCc1ccc(OC)c(OC(F)F)c1. The van der Waals surface area contributed by atoms with Gasteiger partial charge in [0.1, 0.15) is 5.75 Å². The molecule has 6 nitrogen and oxygen atoms in total. The summed E-state index contributed by atoms with van der Waals surface area (Å²) in [5.41, 5.74) is 2.04. The van der Waals surface area contributed by atoms with Crippen LogP contribution in [0.2, 0.25) is 0 Å². The van der Waals surface area contributed by atoms with Gasteiger partial charge in [0.05, 0.1) is 14.2 Å². The molecule has 0 bridgehead atoms. The minimum absolute atomic E-state index is 0.0296. The van der Waals surface area contributed by atoms with E-state index in [1.54, 1.807) is 26.3 Å². The maximum atomic E-state index is 12.5. The van der Waals surface area contributed by atoms with Gasteiger partial charge in [0.2, 0.25) is 0 Å². The number of hydrogen-bond donors (Lipinski definition) is 2. The minimum atomic E-state index is -2.90. The lowest BCUT2D eigenvalue weighted by Gasteiger charge is -2.14. The fourth-order valence-corrected chi connectivity index (χ4v) is 2.73. The van der Waals surface area contributed by atoms with E-state index in [0.717, 1.165) is 24.3 Å². The molecule has 2 rings (SSSR count). The van der Waals surface area contributed by atoms with Crippen LogP contribution in [0.25, 0.3) is 0 Å². The lowest BCUT2D eigenvalue weighted by molar-refractivity contribution is -0.0512. The van der Waals surface area contributed by atoms with E-state index in [-0.39, 0.29) is 11.5 Å². The van der Waals surface area contributed by atoms with Gasteiger partial charge in [0.15, 0.2) is 17.5 Å². The highest BCUT2D eigenvalue weighted by atomic mass is 19.3. The number of rotatable bonds is 10. The number of hydrogen-bond acceptors (Lipinski definition) is 4. The Morgan fingerprint density at radius 1 is 0.897 bits per heavy atom. The molecule has 0 heterocycles. The predicted octanol–water partition coefficient (Wildman–Crippen LogP) is 3.26. The van der Waals surface area contributed by atoms with Crippen LogP contribution in [0, 0.1) is 0 Å². The first-order chi connectivity index (χ1) is 14.0. The summed E-state index contributed by atoms with van der Waals surface area (Å²) in [4.78, 5) is 4.19. The summed E-state index contributed by atoms with van der Waals surface area (Å²) in [7, 11) is 4.76. The van der Waals surface area contributed by atoms with E-state index in [9.17, 15) is 8.78 Å². The molecule has 0 aliphatic heterocycles. The van der Waals surface area contributed by atoms with E-state index in [4.69, 9.17) is 9.47 Å². The zero-order valence-corrected chi connectivity index (χ0v) is 16.9. The normalized spacial score (nSPS) is 11.3. The maximum absolute atomic E-state index is 12.5. The van der Waals surface area contributed by atoms with Crippen LogP contribution in [0.4, 0.5) is 8.78 Å². The molecule has 0 spiro atoms. The zero-order valence-electron chi connectivity index (χ0n) is 16.9. The van der Waals surface area contributed by atoms with E-state index in [1.165, 1.54) is 12.7 Å². The molecule has 0 fully saturated rings. The first kappa shape index (κ1) is 22.3. The van der Waals surface area contributed by atoms with Crippen molar-refractivity contribution < 1.29 is 23.0 Å². The molecule has 0 atom stereocenters. The number of methoxy groups -OCH3 is 2. The minimum Gasteiger partial charge on any atom is -0.497 e. The lowest BCUT2D eigenvalue weighted by Crippen LogP contribution is -2.39. The van der Waals surface area contributed by atoms with Crippen molar-refractivity contribution in [2.75, 3.05) is 34.4 Å². The molecular weight excluding hydrogens is 380 g/mol. The Kier molecular flexibility index (Phi) is 9.01. The summed E-state index contributed by atoms with van der Waals surface area (Å²) in [6.07, 6.45) is 1.46. The molecule has 2 N–H and O–H groups in total. The van der Waals surface area contributed by atoms with Crippen molar-refractivity contribution in [3.63, 3.8) is 0 Å². The highest BCUT2D eigenvalue weighted by Crippen LogP contribution is 2.29. The number of guanidine groups is 1. The topological polar surface area (TPSA) is 64.1 Å². The molecule has 8 heteroatoms. The summed E-state index contributed by atoms with van der Waals surface area (Å²) in [6, 6.07) is 12.9. The molecule has 0 radical (unpaired) electrons. The molecule has 0 aromatic heterocycles. The molecule has 0 saturated heterocycles. The number of nitrogens with one attached hydrogen (secondary N) is 2. The number of halogens is 2. The first-order valence-electron chi connectivity index (χ1n) is 9.25. The van der Waals surface area contributed by atoms with Crippen LogP contribution < -0.4 is 24.8 Å². The van der Waals surface area contributed by atoms with Crippen LogP contribution in [0.15, 0.2) is 47.5 Å². The van der Waals surface area contributed by atoms with Crippen LogP contribution in [0.1, 0.15) is 11.1 Å². The molecule has 0 saturated carbocycles. The molecule has 0 amide bonds. The largest absolute Gasteiger partial charge is 0.497 e. The van der Waals surface area contributed by atoms with Crippen molar-refractivity contribution in [3.05, 3.63) is 53.6 Å². The van der Waals surface area contributed by atoms with E-state index < -0.39 is 6.61 Å². The van der Waals surface area contributed by atoms with Crippen molar-refractivity contribution in [1.82, 2.24) is 10.6 Å². The molecule has 2 aromatic rings. The van der Waals surface area contributed by atoms with Crippen molar-refractivity contribution in [2.45, 2.75) is 19.5 Å².